The van der Waals surface area contributed by atoms with Crippen molar-refractivity contribution in [2.24, 2.45) is 5.10 Å². The first-order valence-corrected chi connectivity index (χ1v) is 13.0. The van der Waals surface area contributed by atoms with Crippen molar-refractivity contribution in [3.05, 3.63) is 69.8 Å². The van der Waals surface area contributed by atoms with Gasteiger partial charge in [0.05, 0.1) is 11.6 Å². The number of amides is 1. The Hall–Kier alpha value is -3.33. The summed E-state index contributed by atoms with van der Waals surface area (Å²) in [5, 5.41) is 13.6. The van der Waals surface area contributed by atoms with Crippen LogP contribution in [0.2, 0.25) is 0 Å². The smallest absolute Gasteiger partial charge is 0.254 e. The second-order valence-electron chi connectivity index (χ2n) is 10.2. The van der Waals surface area contributed by atoms with Gasteiger partial charge in [0.15, 0.2) is 0 Å². The van der Waals surface area contributed by atoms with E-state index in [0.717, 1.165) is 49.3 Å². The summed E-state index contributed by atoms with van der Waals surface area (Å²) in [6.07, 6.45) is 6.48. The summed E-state index contributed by atoms with van der Waals surface area (Å²) in [6, 6.07) is 14.5. The highest BCUT2D eigenvalue weighted by molar-refractivity contribution is 5.96. The summed E-state index contributed by atoms with van der Waals surface area (Å²) in [5.74, 6) is 2.20. The third-order valence-corrected chi connectivity index (χ3v) is 8.22. The Bertz CT molecular complexity index is 1170. The molecule has 0 spiro atoms. The standard InChI is InChI=1S/C29H35N5O/c1-4-27-31-32-28(33(27)3)26-17-24(19(2)16-25(26)23-6-5-7-23)29(35)34-14-12-22(13-15-34)21-10-8-20(18-30)9-11-21/h8-11,16-17,22-23,28,32H,4-7,12-15H2,1-3H3. The number of amidine groups is 1. The zero-order valence-electron chi connectivity index (χ0n) is 21.1. The summed E-state index contributed by atoms with van der Waals surface area (Å²) in [4.78, 5) is 17.9. The molecule has 1 unspecified atom stereocenters. The number of hydrogen-bond acceptors (Lipinski definition) is 5. The minimum atomic E-state index is -0.0187. The lowest BCUT2D eigenvalue weighted by Crippen LogP contribution is -2.38. The first-order chi connectivity index (χ1) is 17.0. The van der Waals surface area contributed by atoms with E-state index < -0.39 is 0 Å². The van der Waals surface area contributed by atoms with Crippen LogP contribution in [0.15, 0.2) is 41.5 Å². The molecule has 5 rings (SSSR count). The number of rotatable bonds is 5. The highest BCUT2D eigenvalue weighted by Crippen LogP contribution is 2.42. The van der Waals surface area contributed by atoms with Gasteiger partial charge >= 0.3 is 0 Å². The van der Waals surface area contributed by atoms with Crippen LogP contribution in [0, 0.1) is 18.3 Å². The molecule has 1 aliphatic carbocycles. The maximum Gasteiger partial charge on any atom is 0.254 e. The number of carbonyl (C=O) groups excluding carboxylic acids is 1. The summed E-state index contributed by atoms with van der Waals surface area (Å²) < 4.78 is 0. The molecule has 0 radical (unpaired) electrons. The molecular formula is C29H35N5O. The molecule has 1 N–H and O–H groups in total. The molecule has 1 saturated heterocycles. The van der Waals surface area contributed by atoms with Gasteiger partial charge in [-0.1, -0.05) is 31.5 Å². The first kappa shape index (κ1) is 23.4. The van der Waals surface area contributed by atoms with Gasteiger partial charge in [0.25, 0.3) is 5.91 Å². The molecule has 0 bridgehead atoms. The van der Waals surface area contributed by atoms with E-state index in [0.29, 0.717) is 17.4 Å². The van der Waals surface area contributed by atoms with Crippen molar-refractivity contribution >= 4 is 11.7 Å². The fourth-order valence-electron chi connectivity index (χ4n) is 5.76. The van der Waals surface area contributed by atoms with Crippen LogP contribution < -0.4 is 5.43 Å². The van der Waals surface area contributed by atoms with E-state index in [2.05, 4.69) is 66.7 Å². The number of hydrazone groups is 1. The van der Waals surface area contributed by atoms with Gasteiger partial charge < -0.3 is 9.80 Å². The molecule has 0 aromatic heterocycles. The Kier molecular flexibility index (Phi) is 6.51. The molecule has 182 valence electrons. The SMILES string of the molecule is CCC1=NNC(c2cc(C(=O)N3CCC(c4ccc(C#N)cc4)CC3)c(C)cc2C2CCC2)N1C. The molecule has 2 heterocycles. The van der Waals surface area contributed by atoms with E-state index in [1.165, 1.54) is 36.0 Å². The lowest BCUT2D eigenvalue weighted by molar-refractivity contribution is 0.0712. The number of benzene rings is 2. The summed E-state index contributed by atoms with van der Waals surface area (Å²) in [6.45, 7) is 5.72. The van der Waals surface area contributed by atoms with Crippen LogP contribution in [0.4, 0.5) is 0 Å². The second kappa shape index (κ2) is 9.73. The predicted molar refractivity (Wildman–Crippen MR) is 138 cm³/mol. The van der Waals surface area contributed by atoms with Crippen molar-refractivity contribution in [2.45, 2.75) is 70.4 Å². The number of piperidine rings is 1. The van der Waals surface area contributed by atoms with Crippen molar-refractivity contribution in [3.63, 3.8) is 0 Å². The molecule has 2 fully saturated rings. The van der Waals surface area contributed by atoms with Crippen molar-refractivity contribution in [3.8, 4) is 6.07 Å². The van der Waals surface area contributed by atoms with Crippen molar-refractivity contribution < 1.29 is 4.79 Å². The zero-order chi connectivity index (χ0) is 24.5. The Balaban J connectivity index is 1.35. The van der Waals surface area contributed by atoms with Crippen LogP contribution in [-0.4, -0.2) is 41.7 Å². The normalized spacial score (nSPS) is 20.7. The van der Waals surface area contributed by atoms with E-state index in [4.69, 9.17) is 5.26 Å². The quantitative estimate of drug-likeness (QED) is 0.635. The summed E-state index contributed by atoms with van der Waals surface area (Å²) in [7, 11) is 2.09. The number of aryl methyl sites for hydroxylation is 1. The van der Waals surface area contributed by atoms with Crippen LogP contribution in [0.3, 0.4) is 0 Å². The molecule has 3 aliphatic rings. The van der Waals surface area contributed by atoms with Gasteiger partial charge in [-0.3, -0.25) is 10.2 Å². The Labute approximate surface area is 208 Å². The number of hydrogen-bond donors (Lipinski definition) is 1. The van der Waals surface area contributed by atoms with E-state index in [1.54, 1.807) is 0 Å². The number of nitriles is 1. The lowest BCUT2D eigenvalue weighted by Gasteiger charge is -2.35. The summed E-state index contributed by atoms with van der Waals surface area (Å²) in [5.41, 5.74) is 9.76. The third kappa shape index (κ3) is 4.40. The molecule has 2 aromatic rings. The molecule has 6 nitrogen and oxygen atoms in total. The number of nitrogens with zero attached hydrogens (tertiary/aromatic N) is 4. The molecule has 1 amide bonds. The minimum absolute atomic E-state index is 0.0187. The van der Waals surface area contributed by atoms with Crippen molar-refractivity contribution in [1.82, 2.24) is 15.2 Å². The van der Waals surface area contributed by atoms with Crippen LogP contribution in [0.5, 0.6) is 0 Å². The molecule has 6 heteroatoms. The molecule has 1 saturated carbocycles. The van der Waals surface area contributed by atoms with Crippen molar-refractivity contribution in [2.75, 3.05) is 20.1 Å². The Morgan fingerprint density at radius 2 is 1.80 bits per heavy atom. The van der Waals surface area contributed by atoms with Crippen LogP contribution in [0.1, 0.15) is 102 Å². The number of carbonyl (C=O) groups is 1. The fourth-order valence-corrected chi connectivity index (χ4v) is 5.76. The van der Waals surface area contributed by atoms with Gasteiger partial charge in [-0.2, -0.15) is 10.4 Å². The fraction of sp³-hybridized carbons (Fsp3) is 0.483. The van der Waals surface area contributed by atoms with Gasteiger partial charge in [0.2, 0.25) is 0 Å². The molecule has 2 aromatic carbocycles. The van der Waals surface area contributed by atoms with E-state index in [1.807, 2.05) is 17.0 Å². The Morgan fingerprint density at radius 3 is 2.37 bits per heavy atom. The largest absolute Gasteiger partial charge is 0.339 e. The average molecular weight is 470 g/mol. The predicted octanol–water partition coefficient (Wildman–Crippen LogP) is 5.41. The maximum atomic E-state index is 13.7. The van der Waals surface area contributed by atoms with Crippen molar-refractivity contribution in [1.29, 1.82) is 5.26 Å². The lowest BCUT2D eigenvalue weighted by atomic mass is 9.76. The van der Waals surface area contributed by atoms with Crippen LogP contribution in [0.25, 0.3) is 0 Å². The molecule has 2 aliphatic heterocycles. The van der Waals surface area contributed by atoms with Gasteiger partial charge in [0.1, 0.15) is 12.0 Å². The third-order valence-electron chi connectivity index (χ3n) is 8.22. The van der Waals surface area contributed by atoms with Gasteiger partial charge in [-0.05, 0) is 79.3 Å². The molecule has 1 atom stereocenters. The monoisotopic (exact) mass is 469 g/mol. The van der Waals surface area contributed by atoms with E-state index in [-0.39, 0.29) is 12.1 Å². The minimum Gasteiger partial charge on any atom is -0.339 e. The average Bonchev–Trinajstić information content (AvgIpc) is 3.23. The Morgan fingerprint density at radius 1 is 1.09 bits per heavy atom. The second-order valence-corrected chi connectivity index (χ2v) is 10.2. The number of likely N-dealkylation sites (tertiary alicyclic amines) is 1. The topological polar surface area (TPSA) is 71.7 Å². The highest BCUT2D eigenvalue weighted by Gasteiger charge is 2.33. The van der Waals surface area contributed by atoms with Gasteiger partial charge in [-0.25, -0.2) is 0 Å². The highest BCUT2D eigenvalue weighted by atomic mass is 16.2. The zero-order valence-corrected chi connectivity index (χ0v) is 21.1. The van der Waals surface area contributed by atoms with E-state index in [9.17, 15) is 4.79 Å². The molecule has 35 heavy (non-hydrogen) atoms. The van der Waals surface area contributed by atoms with Gasteiger partial charge in [0, 0.05) is 37.7 Å². The summed E-state index contributed by atoms with van der Waals surface area (Å²) >= 11 is 0. The van der Waals surface area contributed by atoms with Crippen LogP contribution in [-0.2, 0) is 0 Å². The first-order valence-electron chi connectivity index (χ1n) is 13.0. The van der Waals surface area contributed by atoms with Gasteiger partial charge in [-0.15, -0.1) is 0 Å². The molecular weight excluding hydrogens is 434 g/mol. The maximum absolute atomic E-state index is 13.7. The number of nitrogens with one attached hydrogen (secondary N) is 1. The van der Waals surface area contributed by atoms with E-state index >= 15 is 0 Å². The van der Waals surface area contributed by atoms with Crippen LogP contribution >= 0.6 is 0 Å².